The number of hydrogen-bond acceptors (Lipinski definition) is 3. The first-order valence-electron chi connectivity index (χ1n) is 16.6. The van der Waals surface area contributed by atoms with Crippen molar-refractivity contribution in [2.75, 3.05) is 44.2 Å². The fraction of sp³-hybridized carbons (Fsp3) is 0.771. The SMILES string of the molecule is C=CCCCCCCOc1ccc(N2CCN(CCCCCCCCCCCCCCCCC)CC2)cc1. The van der Waals surface area contributed by atoms with Gasteiger partial charge in [-0.15, -0.1) is 6.58 Å². The Morgan fingerprint density at radius 3 is 1.68 bits per heavy atom. The lowest BCUT2D eigenvalue weighted by molar-refractivity contribution is 0.252. The molecule has 1 aromatic carbocycles. The molecule has 0 aliphatic carbocycles. The van der Waals surface area contributed by atoms with Gasteiger partial charge in [-0.25, -0.2) is 0 Å². The number of hydrogen-bond donors (Lipinski definition) is 0. The van der Waals surface area contributed by atoms with Crippen molar-refractivity contribution in [2.45, 2.75) is 135 Å². The Kier molecular flexibility index (Phi) is 20.2. The average Bonchev–Trinajstić information content (AvgIpc) is 2.95. The van der Waals surface area contributed by atoms with Crippen LogP contribution in [0.5, 0.6) is 5.75 Å². The van der Waals surface area contributed by atoms with Crippen LogP contribution in [0.25, 0.3) is 0 Å². The molecule has 1 aliphatic heterocycles. The summed E-state index contributed by atoms with van der Waals surface area (Å²) in [6.07, 6.45) is 29.7. The third-order valence-electron chi connectivity index (χ3n) is 8.22. The molecular weight excluding hydrogens is 464 g/mol. The Hall–Kier alpha value is -1.48. The molecule has 0 bridgehead atoms. The zero-order valence-electron chi connectivity index (χ0n) is 25.3. The molecule has 0 spiro atoms. The van der Waals surface area contributed by atoms with Gasteiger partial charge in [0.1, 0.15) is 5.75 Å². The van der Waals surface area contributed by atoms with Crippen molar-refractivity contribution in [1.29, 1.82) is 0 Å². The lowest BCUT2D eigenvalue weighted by Crippen LogP contribution is -2.46. The number of anilines is 1. The van der Waals surface area contributed by atoms with Crippen LogP contribution in [0.1, 0.15) is 135 Å². The van der Waals surface area contributed by atoms with Crippen molar-refractivity contribution in [3.8, 4) is 5.75 Å². The van der Waals surface area contributed by atoms with Gasteiger partial charge in [-0.1, -0.05) is 116 Å². The van der Waals surface area contributed by atoms with E-state index in [-0.39, 0.29) is 0 Å². The molecule has 1 fully saturated rings. The Bertz CT molecular complexity index is 650. The van der Waals surface area contributed by atoms with E-state index in [0.717, 1.165) is 38.3 Å². The quantitative estimate of drug-likeness (QED) is 0.0931. The third-order valence-corrected chi connectivity index (χ3v) is 8.22. The highest BCUT2D eigenvalue weighted by molar-refractivity contribution is 5.49. The van der Waals surface area contributed by atoms with Crippen molar-refractivity contribution in [2.24, 2.45) is 0 Å². The topological polar surface area (TPSA) is 15.7 Å². The van der Waals surface area contributed by atoms with Crippen molar-refractivity contribution in [1.82, 2.24) is 4.90 Å². The standard InChI is InChI=1S/C35H62N2O/c1-3-5-7-9-11-12-13-14-15-16-17-18-19-20-22-28-36-29-31-37(32-30-36)34-24-26-35(27-25-34)38-33-23-21-10-8-6-4-2/h4,24-27H,2-3,5-23,28-33H2,1H3. The van der Waals surface area contributed by atoms with E-state index in [1.807, 2.05) is 6.08 Å². The zero-order valence-corrected chi connectivity index (χ0v) is 25.3. The first-order valence-corrected chi connectivity index (χ1v) is 16.6. The predicted molar refractivity (Wildman–Crippen MR) is 169 cm³/mol. The van der Waals surface area contributed by atoms with Crippen LogP contribution in [-0.4, -0.2) is 44.2 Å². The molecule has 0 unspecified atom stereocenters. The molecule has 2 rings (SSSR count). The lowest BCUT2D eigenvalue weighted by atomic mass is 10.0. The van der Waals surface area contributed by atoms with Crippen LogP contribution in [0.4, 0.5) is 5.69 Å². The van der Waals surface area contributed by atoms with Crippen LogP contribution >= 0.6 is 0 Å². The summed E-state index contributed by atoms with van der Waals surface area (Å²) in [5, 5.41) is 0. The van der Waals surface area contributed by atoms with Crippen LogP contribution in [0.15, 0.2) is 36.9 Å². The van der Waals surface area contributed by atoms with E-state index in [1.54, 1.807) is 0 Å². The molecule has 1 saturated heterocycles. The second-order valence-corrected chi connectivity index (χ2v) is 11.6. The summed E-state index contributed by atoms with van der Waals surface area (Å²) in [6, 6.07) is 8.78. The van der Waals surface area contributed by atoms with E-state index in [4.69, 9.17) is 4.74 Å². The summed E-state index contributed by atoms with van der Waals surface area (Å²) in [5.41, 5.74) is 1.34. The summed E-state index contributed by atoms with van der Waals surface area (Å²) in [7, 11) is 0. The number of rotatable bonds is 25. The second-order valence-electron chi connectivity index (χ2n) is 11.6. The van der Waals surface area contributed by atoms with Gasteiger partial charge in [0.15, 0.2) is 0 Å². The van der Waals surface area contributed by atoms with Crippen molar-refractivity contribution in [3.63, 3.8) is 0 Å². The van der Waals surface area contributed by atoms with E-state index in [0.29, 0.717) is 0 Å². The number of allylic oxidation sites excluding steroid dienone is 1. The number of ether oxygens (including phenoxy) is 1. The molecule has 1 aromatic rings. The van der Waals surface area contributed by atoms with Gasteiger partial charge < -0.3 is 9.64 Å². The number of unbranched alkanes of at least 4 members (excludes halogenated alkanes) is 18. The maximum absolute atomic E-state index is 5.94. The molecule has 0 aromatic heterocycles. The van der Waals surface area contributed by atoms with Gasteiger partial charge in [-0.05, 0) is 56.5 Å². The van der Waals surface area contributed by atoms with Crippen LogP contribution in [0, 0.1) is 0 Å². The van der Waals surface area contributed by atoms with E-state index in [9.17, 15) is 0 Å². The van der Waals surface area contributed by atoms with Crippen LogP contribution in [-0.2, 0) is 0 Å². The van der Waals surface area contributed by atoms with Gasteiger partial charge in [0.2, 0.25) is 0 Å². The Morgan fingerprint density at radius 2 is 1.13 bits per heavy atom. The number of benzene rings is 1. The van der Waals surface area contributed by atoms with Crippen molar-refractivity contribution < 1.29 is 4.74 Å². The molecule has 0 amide bonds. The van der Waals surface area contributed by atoms with Crippen LogP contribution < -0.4 is 9.64 Å². The maximum Gasteiger partial charge on any atom is 0.119 e. The van der Waals surface area contributed by atoms with Crippen molar-refractivity contribution in [3.05, 3.63) is 36.9 Å². The second kappa shape index (κ2) is 23.4. The average molecular weight is 527 g/mol. The zero-order chi connectivity index (χ0) is 26.9. The first kappa shape index (κ1) is 32.7. The molecule has 0 radical (unpaired) electrons. The van der Waals surface area contributed by atoms with Crippen LogP contribution in [0.3, 0.4) is 0 Å². The highest BCUT2D eigenvalue weighted by Gasteiger charge is 2.16. The van der Waals surface area contributed by atoms with Gasteiger partial charge in [0, 0.05) is 31.9 Å². The Morgan fingerprint density at radius 1 is 0.632 bits per heavy atom. The summed E-state index contributed by atoms with van der Waals surface area (Å²) < 4.78 is 5.94. The van der Waals surface area contributed by atoms with Gasteiger partial charge in [0.05, 0.1) is 6.61 Å². The molecule has 0 atom stereocenters. The molecule has 0 N–H and O–H groups in total. The highest BCUT2D eigenvalue weighted by atomic mass is 16.5. The molecule has 218 valence electrons. The normalized spacial score (nSPS) is 14.2. The van der Waals surface area contributed by atoms with E-state index < -0.39 is 0 Å². The minimum atomic E-state index is 0.825. The van der Waals surface area contributed by atoms with E-state index in [1.165, 1.54) is 141 Å². The maximum atomic E-state index is 5.94. The van der Waals surface area contributed by atoms with Gasteiger partial charge in [0.25, 0.3) is 0 Å². The smallest absolute Gasteiger partial charge is 0.119 e. The first-order chi connectivity index (χ1) is 18.8. The number of nitrogens with zero attached hydrogens (tertiary/aromatic N) is 2. The molecule has 3 nitrogen and oxygen atoms in total. The van der Waals surface area contributed by atoms with E-state index in [2.05, 4.69) is 47.6 Å². The summed E-state index contributed by atoms with van der Waals surface area (Å²) >= 11 is 0. The minimum Gasteiger partial charge on any atom is -0.494 e. The lowest BCUT2D eigenvalue weighted by Gasteiger charge is -2.36. The van der Waals surface area contributed by atoms with Crippen LogP contribution in [0.2, 0.25) is 0 Å². The summed E-state index contributed by atoms with van der Waals surface area (Å²) in [4.78, 5) is 5.21. The molecule has 0 saturated carbocycles. The fourth-order valence-electron chi connectivity index (χ4n) is 5.62. The summed E-state index contributed by atoms with van der Waals surface area (Å²) in [5.74, 6) is 1.01. The summed E-state index contributed by atoms with van der Waals surface area (Å²) in [6.45, 7) is 12.9. The van der Waals surface area contributed by atoms with E-state index >= 15 is 0 Å². The third kappa shape index (κ3) is 16.5. The molecule has 38 heavy (non-hydrogen) atoms. The highest BCUT2D eigenvalue weighted by Crippen LogP contribution is 2.21. The van der Waals surface area contributed by atoms with Crippen molar-refractivity contribution >= 4 is 5.69 Å². The minimum absolute atomic E-state index is 0.825. The van der Waals surface area contributed by atoms with Gasteiger partial charge in [-0.3, -0.25) is 4.90 Å². The van der Waals surface area contributed by atoms with Gasteiger partial charge in [-0.2, -0.15) is 0 Å². The molecule has 1 aliphatic rings. The van der Waals surface area contributed by atoms with Gasteiger partial charge >= 0.3 is 0 Å². The molecule has 3 heteroatoms. The number of piperazine rings is 1. The Balaban J connectivity index is 1.39. The largest absolute Gasteiger partial charge is 0.494 e. The monoisotopic (exact) mass is 526 g/mol. The molecule has 1 heterocycles. The fourth-order valence-corrected chi connectivity index (χ4v) is 5.62. The molecular formula is C35H62N2O. The Labute approximate surface area is 237 Å². The predicted octanol–water partition coefficient (Wildman–Crippen LogP) is 10.2.